The van der Waals surface area contributed by atoms with Crippen LogP contribution in [0.4, 0.5) is 0 Å². The Morgan fingerprint density at radius 1 is 1.47 bits per heavy atom. The third-order valence-corrected chi connectivity index (χ3v) is 6.10. The molecule has 2 aliphatic rings. The van der Waals surface area contributed by atoms with Crippen molar-refractivity contribution in [2.75, 3.05) is 25.2 Å². The van der Waals surface area contributed by atoms with E-state index in [0.29, 0.717) is 19.4 Å². The maximum absolute atomic E-state index is 11.7. The largest absolute Gasteiger partial charge is 0.468 e. The van der Waals surface area contributed by atoms with Gasteiger partial charge in [-0.3, -0.25) is 9.69 Å². The number of methoxy groups -OCH3 is 1. The fourth-order valence-corrected chi connectivity index (χ4v) is 4.86. The maximum Gasteiger partial charge on any atom is 0.325 e. The minimum absolute atomic E-state index is 0.0104. The first kappa shape index (κ1) is 14.7. The third kappa shape index (κ3) is 2.93. The normalized spacial score (nSPS) is 39.1. The van der Waals surface area contributed by atoms with E-state index in [1.54, 1.807) is 0 Å². The van der Waals surface area contributed by atoms with Crippen LogP contribution in [-0.4, -0.2) is 62.1 Å². The Morgan fingerprint density at radius 3 is 2.74 bits per heavy atom. The van der Waals surface area contributed by atoms with Crippen LogP contribution in [0.15, 0.2) is 0 Å². The van der Waals surface area contributed by atoms with Gasteiger partial charge in [-0.2, -0.15) is 0 Å². The number of esters is 1. The van der Waals surface area contributed by atoms with E-state index < -0.39 is 15.4 Å². The van der Waals surface area contributed by atoms with Gasteiger partial charge in [0, 0.05) is 18.6 Å². The molecule has 1 heterocycles. The number of hydrogen-bond donors (Lipinski definition) is 1. The molecule has 1 saturated heterocycles. The summed E-state index contributed by atoms with van der Waals surface area (Å²) >= 11 is 0. The monoisotopic (exact) mass is 290 g/mol. The Kier molecular flexibility index (Phi) is 3.90. The molecule has 0 amide bonds. The molecule has 110 valence electrons. The van der Waals surface area contributed by atoms with Crippen LogP contribution in [0.5, 0.6) is 0 Å². The summed E-state index contributed by atoms with van der Waals surface area (Å²) in [7, 11) is -1.56. The van der Waals surface area contributed by atoms with Crippen molar-refractivity contribution in [3.63, 3.8) is 0 Å². The van der Waals surface area contributed by atoms with Crippen molar-refractivity contribution in [1.82, 2.24) is 4.90 Å². The second-order valence-corrected chi connectivity index (χ2v) is 7.97. The molecule has 6 nitrogen and oxygen atoms in total. The van der Waals surface area contributed by atoms with Crippen LogP contribution < -0.4 is 5.73 Å². The molecule has 2 rings (SSSR count). The van der Waals surface area contributed by atoms with Gasteiger partial charge in [0.15, 0.2) is 9.84 Å². The van der Waals surface area contributed by atoms with E-state index in [1.807, 2.05) is 6.92 Å². The minimum atomic E-state index is -2.91. The lowest BCUT2D eigenvalue weighted by atomic mass is 9.99. The lowest BCUT2D eigenvalue weighted by molar-refractivity contribution is -0.147. The van der Waals surface area contributed by atoms with Crippen molar-refractivity contribution in [2.45, 2.75) is 43.8 Å². The number of ether oxygens (including phenoxy) is 1. The predicted molar refractivity (Wildman–Crippen MR) is 71.4 cm³/mol. The first-order valence-corrected chi connectivity index (χ1v) is 8.43. The summed E-state index contributed by atoms with van der Waals surface area (Å²) < 4.78 is 27.9. The summed E-state index contributed by atoms with van der Waals surface area (Å²) in [6, 6.07) is 0.165. The number of carbonyl (C=O) groups is 1. The molecule has 1 saturated carbocycles. The summed E-state index contributed by atoms with van der Waals surface area (Å²) in [5.41, 5.74) is 5.18. The van der Waals surface area contributed by atoms with E-state index in [-0.39, 0.29) is 29.6 Å². The molecular formula is C12H22N2O4S. The summed E-state index contributed by atoms with van der Waals surface area (Å²) in [5.74, 6) is 0.0235. The molecule has 2 fully saturated rings. The molecule has 2 N–H and O–H groups in total. The standard InChI is InChI=1S/C12H22N2O4S/c1-9-8-19(16,17)6-5-14(9)10-3-4-12(13,7-10)11(15)18-2/h9-10H,3-8,13H2,1-2H3. The molecule has 0 aromatic rings. The van der Waals surface area contributed by atoms with Crippen molar-refractivity contribution in [1.29, 1.82) is 0 Å². The van der Waals surface area contributed by atoms with Crippen LogP contribution in [0, 0.1) is 0 Å². The molecule has 3 unspecified atom stereocenters. The molecule has 19 heavy (non-hydrogen) atoms. The van der Waals surface area contributed by atoms with Gasteiger partial charge in [0.05, 0.1) is 18.6 Å². The number of sulfone groups is 1. The van der Waals surface area contributed by atoms with Gasteiger partial charge in [-0.05, 0) is 26.2 Å². The van der Waals surface area contributed by atoms with Crippen LogP contribution in [0.25, 0.3) is 0 Å². The van der Waals surface area contributed by atoms with Gasteiger partial charge in [0.2, 0.25) is 0 Å². The van der Waals surface area contributed by atoms with Gasteiger partial charge in [-0.15, -0.1) is 0 Å². The van der Waals surface area contributed by atoms with E-state index in [0.717, 1.165) is 6.42 Å². The smallest absolute Gasteiger partial charge is 0.325 e. The van der Waals surface area contributed by atoms with Gasteiger partial charge in [-0.1, -0.05) is 0 Å². The number of hydrogen-bond acceptors (Lipinski definition) is 6. The van der Waals surface area contributed by atoms with E-state index in [9.17, 15) is 13.2 Å². The second-order valence-electron chi connectivity index (χ2n) is 5.75. The minimum Gasteiger partial charge on any atom is -0.468 e. The first-order chi connectivity index (χ1) is 8.77. The lowest BCUT2D eigenvalue weighted by Crippen LogP contribution is -2.53. The molecule has 3 atom stereocenters. The van der Waals surface area contributed by atoms with Gasteiger partial charge < -0.3 is 10.5 Å². The van der Waals surface area contributed by atoms with Crippen molar-refractivity contribution in [2.24, 2.45) is 5.73 Å². The fourth-order valence-electron chi connectivity index (χ4n) is 3.27. The number of rotatable bonds is 2. The molecule has 0 spiro atoms. The van der Waals surface area contributed by atoms with Crippen molar-refractivity contribution in [3.05, 3.63) is 0 Å². The average Bonchev–Trinajstić information content (AvgIpc) is 2.71. The summed E-state index contributed by atoms with van der Waals surface area (Å²) in [6.07, 6.45) is 1.96. The van der Waals surface area contributed by atoms with Crippen LogP contribution >= 0.6 is 0 Å². The first-order valence-electron chi connectivity index (χ1n) is 6.61. The SMILES string of the molecule is COC(=O)C1(N)CCC(N2CCS(=O)(=O)CC2C)C1. The summed E-state index contributed by atoms with van der Waals surface area (Å²) in [6.45, 7) is 2.46. The highest BCUT2D eigenvalue weighted by molar-refractivity contribution is 7.91. The van der Waals surface area contributed by atoms with Crippen molar-refractivity contribution in [3.8, 4) is 0 Å². The van der Waals surface area contributed by atoms with Crippen LogP contribution in [0.2, 0.25) is 0 Å². The van der Waals surface area contributed by atoms with E-state index >= 15 is 0 Å². The fraction of sp³-hybridized carbons (Fsp3) is 0.917. The third-order valence-electron chi connectivity index (χ3n) is 4.31. The number of carbonyl (C=O) groups excluding carboxylic acids is 1. The Labute approximate surface area is 114 Å². The van der Waals surface area contributed by atoms with E-state index in [2.05, 4.69) is 4.90 Å². The molecule has 0 bridgehead atoms. The lowest BCUT2D eigenvalue weighted by Gasteiger charge is -2.38. The zero-order chi connectivity index (χ0) is 14.3. The highest BCUT2D eigenvalue weighted by Crippen LogP contribution is 2.34. The summed E-state index contributed by atoms with van der Waals surface area (Å²) in [4.78, 5) is 13.9. The Hall–Kier alpha value is -0.660. The van der Waals surface area contributed by atoms with E-state index in [4.69, 9.17) is 10.5 Å². The quantitative estimate of drug-likeness (QED) is 0.691. The van der Waals surface area contributed by atoms with Crippen LogP contribution in [0.1, 0.15) is 26.2 Å². The van der Waals surface area contributed by atoms with Gasteiger partial charge in [-0.25, -0.2) is 8.42 Å². The van der Waals surface area contributed by atoms with Crippen molar-refractivity contribution >= 4 is 15.8 Å². The van der Waals surface area contributed by atoms with Crippen molar-refractivity contribution < 1.29 is 17.9 Å². The van der Waals surface area contributed by atoms with Crippen LogP contribution in [-0.2, 0) is 19.4 Å². The highest BCUT2D eigenvalue weighted by Gasteiger charge is 2.46. The molecule has 1 aliphatic carbocycles. The molecule has 0 aromatic carbocycles. The molecule has 7 heteroatoms. The second kappa shape index (κ2) is 5.03. The topological polar surface area (TPSA) is 89.7 Å². The van der Waals surface area contributed by atoms with Gasteiger partial charge in [0.1, 0.15) is 5.54 Å². The maximum atomic E-state index is 11.7. The Morgan fingerprint density at radius 2 is 2.16 bits per heavy atom. The van der Waals surface area contributed by atoms with Gasteiger partial charge in [0.25, 0.3) is 0 Å². The Balaban J connectivity index is 2.04. The zero-order valence-corrected chi connectivity index (χ0v) is 12.3. The van der Waals surface area contributed by atoms with Gasteiger partial charge >= 0.3 is 5.97 Å². The predicted octanol–water partition coefficient (Wildman–Crippen LogP) is -0.472. The number of nitrogens with two attached hydrogens (primary N) is 1. The highest BCUT2D eigenvalue weighted by atomic mass is 32.2. The zero-order valence-electron chi connectivity index (χ0n) is 11.5. The summed E-state index contributed by atoms with van der Waals surface area (Å²) in [5, 5.41) is 0. The average molecular weight is 290 g/mol. The molecular weight excluding hydrogens is 268 g/mol. The molecule has 0 aromatic heterocycles. The number of nitrogens with zero attached hydrogens (tertiary/aromatic N) is 1. The molecule has 1 aliphatic heterocycles. The van der Waals surface area contributed by atoms with Crippen LogP contribution in [0.3, 0.4) is 0 Å². The molecule has 0 radical (unpaired) electrons. The Bertz CT molecular complexity index is 464. The van der Waals surface area contributed by atoms with E-state index in [1.165, 1.54) is 7.11 Å².